The Balaban J connectivity index is 1.51. The first-order valence-electron chi connectivity index (χ1n) is 8.92. The number of hydrazone groups is 1. The van der Waals surface area contributed by atoms with Gasteiger partial charge in [0.1, 0.15) is 5.65 Å². The second-order valence-electron chi connectivity index (χ2n) is 6.77. The van der Waals surface area contributed by atoms with Crippen LogP contribution in [0, 0.1) is 5.92 Å². The van der Waals surface area contributed by atoms with Crippen LogP contribution in [0.3, 0.4) is 0 Å². The molecule has 1 aliphatic rings. The van der Waals surface area contributed by atoms with Crippen LogP contribution in [0.1, 0.15) is 24.0 Å². The summed E-state index contributed by atoms with van der Waals surface area (Å²) >= 11 is 6.47. The topological polar surface area (TPSA) is 70.3 Å². The Morgan fingerprint density at radius 3 is 2.73 bits per heavy atom. The Kier molecular flexibility index (Phi) is 4.91. The summed E-state index contributed by atoms with van der Waals surface area (Å²) in [6.07, 6.45) is 5.58. The molecule has 1 aromatic carbocycles. The first kappa shape index (κ1) is 17.1. The lowest BCUT2D eigenvalue weighted by Gasteiger charge is -2.32. The number of aromatic nitrogens is 2. The number of nitrogens with two attached hydrogens (primary N) is 1. The van der Waals surface area contributed by atoms with E-state index in [1.165, 1.54) is 5.56 Å². The molecule has 1 aliphatic heterocycles. The third kappa shape index (κ3) is 3.32. The fourth-order valence-corrected chi connectivity index (χ4v) is 4.07. The number of fused-ring (bicyclic) bond motifs is 1. The van der Waals surface area contributed by atoms with Crippen molar-refractivity contribution in [1.82, 2.24) is 14.9 Å². The molecule has 0 saturated carbocycles. The number of benzene rings is 1. The number of likely N-dealkylation sites (tertiary alicyclic amines) is 1. The van der Waals surface area contributed by atoms with Crippen molar-refractivity contribution in [2.24, 2.45) is 16.9 Å². The SMILES string of the molecule is NN=C(c1c(Cl)cnc2[nH]ccc12)C1CCN(Cc2ccccc2)CC1. The van der Waals surface area contributed by atoms with E-state index in [9.17, 15) is 0 Å². The average molecular weight is 368 g/mol. The van der Waals surface area contributed by atoms with Gasteiger partial charge in [0.05, 0.1) is 10.7 Å². The van der Waals surface area contributed by atoms with E-state index in [2.05, 4.69) is 50.3 Å². The van der Waals surface area contributed by atoms with Crippen LogP contribution in [0.25, 0.3) is 11.0 Å². The van der Waals surface area contributed by atoms with E-state index in [1.807, 2.05) is 12.3 Å². The maximum atomic E-state index is 6.47. The lowest BCUT2D eigenvalue weighted by Crippen LogP contribution is -2.36. The molecule has 3 N–H and O–H groups in total. The summed E-state index contributed by atoms with van der Waals surface area (Å²) in [6, 6.07) is 12.6. The van der Waals surface area contributed by atoms with Gasteiger partial charge in [-0.25, -0.2) is 4.98 Å². The molecule has 5 nitrogen and oxygen atoms in total. The highest BCUT2D eigenvalue weighted by molar-refractivity contribution is 6.36. The van der Waals surface area contributed by atoms with E-state index in [1.54, 1.807) is 6.20 Å². The maximum Gasteiger partial charge on any atom is 0.137 e. The van der Waals surface area contributed by atoms with Crippen LogP contribution < -0.4 is 5.84 Å². The smallest absolute Gasteiger partial charge is 0.137 e. The highest BCUT2D eigenvalue weighted by atomic mass is 35.5. The van der Waals surface area contributed by atoms with Crippen LogP contribution in [0.5, 0.6) is 0 Å². The minimum Gasteiger partial charge on any atom is -0.346 e. The summed E-state index contributed by atoms with van der Waals surface area (Å²) in [5, 5.41) is 5.74. The van der Waals surface area contributed by atoms with Gasteiger partial charge in [-0.1, -0.05) is 41.9 Å². The molecule has 26 heavy (non-hydrogen) atoms. The van der Waals surface area contributed by atoms with E-state index in [0.29, 0.717) is 10.9 Å². The molecule has 0 atom stereocenters. The number of hydrogen-bond donors (Lipinski definition) is 2. The predicted molar refractivity (Wildman–Crippen MR) is 106 cm³/mol. The van der Waals surface area contributed by atoms with Gasteiger partial charge in [-0.05, 0) is 37.6 Å². The molecular weight excluding hydrogens is 346 g/mol. The van der Waals surface area contributed by atoms with Crippen LogP contribution in [0.15, 0.2) is 53.9 Å². The quantitative estimate of drug-likeness (QED) is 0.418. The molecular formula is C20H22ClN5. The molecule has 134 valence electrons. The normalized spacial score (nSPS) is 17.0. The summed E-state index contributed by atoms with van der Waals surface area (Å²) in [7, 11) is 0. The van der Waals surface area contributed by atoms with Gasteiger partial charge >= 0.3 is 0 Å². The number of halogens is 1. The summed E-state index contributed by atoms with van der Waals surface area (Å²) in [6.45, 7) is 3.04. The second kappa shape index (κ2) is 7.48. The number of rotatable bonds is 4. The summed E-state index contributed by atoms with van der Waals surface area (Å²) in [4.78, 5) is 9.95. The van der Waals surface area contributed by atoms with Gasteiger partial charge in [-0.2, -0.15) is 5.10 Å². The number of hydrogen-bond acceptors (Lipinski definition) is 4. The molecule has 0 unspecified atom stereocenters. The largest absolute Gasteiger partial charge is 0.346 e. The molecule has 0 bridgehead atoms. The lowest BCUT2D eigenvalue weighted by atomic mass is 9.87. The zero-order valence-electron chi connectivity index (χ0n) is 14.5. The molecule has 1 saturated heterocycles. The van der Waals surface area contributed by atoms with E-state index in [4.69, 9.17) is 17.4 Å². The first-order chi connectivity index (χ1) is 12.8. The fraction of sp³-hybridized carbons (Fsp3) is 0.300. The molecule has 4 rings (SSSR count). The number of piperidine rings is 1. The molecule has 2 aromatic heterocycles. The number of pyridine rings is 1. The van der Waals surface area contributed by atoms with Gasteiger partial charge in [0.2, 0.25) is 0 Å². The van der Waals surface area contributed by atoms with E-state index in [-0.39, 0.29) is 0 Å². The van der Waals surface area contributed by atoms with Crippen LogP contribution in [-0.2, 0) is 6.54 Å². The van der Waals surface area contributed by atoms with Gasteiger partial charge in [0.15, 0.2) is 0 Å². The Morgan fingerprint density at radius 2 is 2.00 bits per heavy atom. The average Bonchev–Trinajstić information content (AvgIpc) is 3.15. The molecule has 0 aliphatic carbocycles. The molecule has 0 radical (unpaired) electrons. The summed E-state index contributed by atoms with van der Waals surface area (Å²) < 4.78 is 0. The van der Waals surface area contributed by atoms with Gasteiger partial charge in [-0.3, -0.25) is 4.90 Å². The third-order valence-electron chi connectivity index (χ3n) is 5.16. The van der Waals surface area contributed by atoms with Gasteiger partial charge in [0.25, 0.3) is 0 Å². The minimum atomic E-state index is 0.310. The van der Waals surface area contributed by atoms with Gasteiger partial charge < -0.3 is 10.8 Å². The van der Waals surface area contributed by atoms with Gasteiger partial charge in [-0.15, -0.1) is 0 Å². The van der Waals surface area contributed by atoms with Crippen molar-refractivity contribution < 1.29 is 0 Å². The molecule has 0 spiro atoms. The lowest BCUT2D eigenvalue weighted by molar-refractivity contribution is 0.202. The van der Waals surface area contributed by atoms with Crippen molar-refractivity contribution in [3.8, 4) is 0 Å². The molecule has 3 aromatic rings. The maximum absolute atomic E-state index is 6.47. The molecule has 6 heteroatoms. The number of aromatic amines is 1. The van der Waals surface area contributed by atoms with Crippen molar-refractivity contribution in [3.63, 3.8) is 0 Å². The summed E-state index contributed by atoms with van der Waals surface area (Å²) in [5.41, 5.74) is 3.97. The summed E-state index contributed by atoms with van der Waals surface area (Å²) in [5.74, 6) is 6.12. The van der Waals surface area contributed by atoms with Crippen molar-refractivity contribution in [2.75, 3.05) is 13.1 Å². The second-order valence-corrected chi connectivity index (χ2v) is 7.18. The first-order valence-corrected chi connectivity index (χ1v) is 9.30. The number of nitrogens with one attached hydrogen (secondary N) is 1. The van der Waals surface area contributed by atoms with Crippen molar-refractivity contribution in [3.05, 3.63) is 64.9 Å². The Hall–Kier alpha value is -2.37. The predicted octanol–water partition coefficient (Wildman–Crippen LogP) is 3.79. The van der Waals surface area contributed by atoms with Gasteiger partial charge in [0, 0.05) is 35.8 Å². The van der Waals surface area contributed by atoms with Crippen LogP contribution in [0.2, 0.25) is 5.02 Å². The monoisotopic (exact) mass is 367 g/mol. The Labute approximate surface area is 157 Å². The minimum absolute atomic E-state index is 0.310. The van der Waals surface area contributed by atoms with Crippen molar-refractivity contribution in [2.45, 2.75) is 19.4 Å². The number of H-pyrrole nitrogens is 1. The van der Waals surface area contributed by atoms with E-state index in [0.717, 1.165) is 54.8 Å². The zero-order valence-corrected chi connectivity index (χ0v) is 15.3. The van der Waals surface area contributed by atoms with Crippen LogP contribution in [0.4, 0.5) is 0 Å². The Bertz CT molecular complexity index is 910. The Morgan fingerprint density at radius 1 is 1.23 bits per heavy atom. The van der Waals surface area contributed by atoms with E-state index >= 15 is 0 Å². The van der Waals surface area contributed by atoms with Crippen molar-refractivity contribution in [1.29, 1.82) is 0 Å². The third-order valence-corrected chi connectivity index (χ3v) is 5.45. The molecule has 1 fully saturated rings. The highest BCUT2D eigenvalue weighted by Gasteiger charge is 2.27. The highest BCUT2D eigenvalue weighted by Crippen LogP contribution is 2.30. The molecule has 0 amide bonds. The van der Waals surface area contributed by atoms with E-state index < -0.39 is 0 Å². The standard InChI is InChI=1S/C20H22ClN5/c21-17-12-24-20-16(6-9-23-20)18(17)19(25-22)15-7-10-26(11-8-15)13-14-4-2-1-3-5-14/h1-6,9,12,15H,7-8,10-11,13,22H2,(H,23,24). The molecule has 3 heterocycles. The zero-order chi connectivity index (χ0) is 17.9. The van der Waals surface area contributed by atoms with Crippen molar-refractivity contribution >= 4 is 28.3 Å². The van der Waals surface area contributed by atoms with Crippen LogP contribution in [-0.4, -0.2) is 33.7 Å². The number of nitrogens with zero attached hydrogens (tertiary/aromatic N) is 3. The fourth-order valence-electron chi connectivity index (χ4n) is 3.82. The van der Waals surface area contributed by atoms with Crippen LogP contribution >= 0.6 is 11.6 Å².